The number of ether oxygens (including phenoxy) is 7. The van der Waals surface area contributed by atoms with E-state index in [-0.39, 0.29) is 36.3 Å². The average molecular weight is 1250 g/mol. The topological polar surface area (TPSA) is 249 Å². The Morgan fingerprint density at radius 1 is 0.776 bits per heavy atom. The highest BCUT2D eigenvalue weighted by Crippen LogP contribution is 2.65. The molecule has 2 saturated carbocycles. The van der Waals surface area contributed by atoms with Crippen molar-refractivity contribution in [3.8, 4) is 0 Å². The number of hydrogen-bond acceptors (Lipinski definition) is 21. The molecule has 1 aromatic heterocycles. The first-order chi connectivity index (χ1) is 40.5. The largest absolute Gasteiger partial charge is 0.508 e. The zero-order valence-corrected chi connectivity index (χ0v) is 51.8. The molecule has 0 spiro atoms. The molecule has 85 heavy (non-hydrogen) atoms. The monoisotopic (exact) mass is 1250 g/mol. The van der Waals surface area contributed by atoms with Crippen molar-refractivity contribution in [3.05, 3.63) is 173 Å². The minimum atomic E-state index is -2.46. The first-order valence-electron chi connectivity index (χ1n) is 27.3. The van der Waals surface area contributed by atoms with Gasteiger partial charge in [0.05, 0.1) is 24.0 Å². The number of hydrogen-bond donors (Lipinski definition) is 3. The molecule has 1 amide bonds. The minimum absolute atomic E-state index is 0.0544. The number of rotatable bonds is 20. The number of ketones is 1. The third-order valence-corrected chi connectivity index (χ3v) is 21.0. The quantitative estimate of drug-likeness (QED) is 0.0215. The number of nitrogens with one attached hydrogen (secondary N) is 1. The predicted octanol–water partition coefficient (Wildman–Crippen LogP) is 10.5. The van der Waals surface area contributed by atoms with Crippen molar-refractivity contribution < 1.29 is 76.9 Å². The molecule has 4 aliphatic rings. The molecule has 5 unspecified atom stereocenters. The molecule has 2 heterocycles. The fraction of sp³-hybridized carbons (Fsp3) is 0.387. The van der Waals surface area contributed by atoms with E-state index in [2.05, 4.69) is 34.6 Å². The lowest BCUT2D eigenvalue weighted by Gasteiger charge is -2.67. The van der Waals surface area contributed by atoms with Gasteiger partial charge in [0.15, 0.2) is 23.6 Å². The molecule has 12 atom stereocenters. The number of pyridine rings is 1. The number of nitrogens with zero attached hydrogens (tertiary/aromatic N) is 1. The molecule has 2 bridgehead atoms. The van der Waals surface area contributed by atoms with Gasteiger partial charge >= 0.3 is 29.8 Å². The highest BCUT2D eigenvalue weighted by Gasteiger charge is 2.79. The second-order valence-corrected chi connectivity index (χ2v) is 27.1. The molecule has 3 fully saturated rings. The van der Waals surface area contributed by atoms with Crippen molar-refractivity contribution in [2.24, 2.45) is 16.7 Å². The van der Waals surface area contributed by atoms with E-state index in [0.717, 1.165) is 35.3 Å². The zero-order valence-electron chi connectivity index (χ0n) is 47.3. The Morgan fingerprint density at radius 3 is 1.99 bits per heavy atom. The summed E-state index contributed by atoms with van der Waals surface area (Å²) in [5, 5.41) is 29.5. The van der Waals surface area contributed by atoms with Gasteiger partial charge in [-0.15, -0.1) is 0 Å². The van der Waals surface area contributed by atoms with E-state index < -0.39 is 119 Å². The number of Topliss-reactive ketones (excluding diaryl/α,β-unsaturated/α-hetero) is 1. The number of aliphatic hydroxyl groups excluding tert-OH is 1. The molecule has 1 saturated heterocycles. The van der Waals surface area contributed by atoms with Gasteiger partial charge < -0.3 is 48.7 Å². The third-order valence-electron chi connectivity index (χ3n) is 16.4. The zero-order chi connectivity index (χ0) is 60.8. The Labute approximate surface area is 510 Å². The number of aliphatic hydroxyl groups is 2. The van der Waals surface area contributed by atoms with Crippen LogP contribution in [0.2, 0.25) is 0 Å². The second kappa shape index (κ2) is 26.8. The van der Waals surface area contributed by atoms with Gasteiger partial charge in [0, 0.05) is 60.3 Å². The van der Waals surface area contributed by atoms with Crippen LogP contribution in [-0.4, -0.2) is 111 Å². The molecule has 1 aliphatic heterocycles. The van der Waals surface area contributed by atoms with E-state index in [0.29, 0.717) is 11.1 Å². The Kier molecular flexibility index (Phi) is 20.0. The van der Waals surface area contributed by atoms with Crippen LogP contribution in [0.4, 0.5) is 9.59 Å². The molecule has 448 valence electrons. The Balaban J connectivity index is 0.966. The fourth-order valence-electron chi connectivity index (χ4n) is 12.1. The van der Waals surface area contributed by atoms with Gasteiger partial charge in [-0.3, -0.25) is 19.2 Å². The molecule has 5 aromatic rings. The van der Waals surface area contributed by atoms with E-state index in [1.807, 2.05) is 39.6 Å². The van der Waals surface area contributed by atoms with Gasteiger partial charge in [-0.1, -0.05) is 137 Å². The molecular weight excluding hydrogens is 1190 g/mol. The van der Waals surface area contributed by atoms with Crippen LogP contribution in [0.5, 0.6) is 0 Å². The van der Waals surface area contributed by atoms with Crippen molar-refractivity contribution in [2.75, 3.05) is 6.61 Å². The first kappa shape index (κ1) is 63.3. The van der Waals surface area contributed by atoms with Crippen molar-refractivity contribution in [2.45, 2.75) is 136 Å². The summed E-state index contributed by atoms with van der Waals surface area (Å²) in [5.74, 6) is -4.59. The Morgan fingerprint density at radius 2 is 1.40 bits per heavy atom. The lowest BCUT2D eigenvalue weighted by atomic mass is 9.44. The molecule has 23 heteroatoms. The van der Waals surface area contributed by atoms with Gasteiger partial charge in [0.1, 0.15) is 41.6 Å². The summed E-state index contributed by atoms with van der Waals surface area (Å²) in [6.07, 6.45) is -10.4. The summed E-state index contributed by atoms with van der Waals surface area (Å²) in [4.78, 5) is 104. The highest BCUT2D eigenvalue weighted by molar-refractivity contribution is 8.76. The van der Waals surface area contributed by atoms with Gasteiger partial charge in [-0.25, -0.2) is 19.4 Å². The van der Waals surface area contributed by atoms with Crippen LogP contribution in [0.25, 0.3) is 0 Å². The van der Waals surface area contributed by atoms with Gasteiger partial charge in [-0.2, -0.15) is 0 Å². The number of aromatic nitrogens is 1. The first-order valence-corrected chi connectivity index (χ1v) is 32.5. The van der Waals surface area contributed by atoms with E-state index >= 15 is 4.79 Å². The van der Waals surface area contributed by atoms with E-state index in [1.165, 1.54) is 38.8 Å². The average Bonchev–Trinajstić information content (AvgIpc) is 0.688. The Hall–Kier alpha value is -6.23. The smallest absolute Gasteiger partial charge is 0.456 e. The number of benzene rings is 4. The summed E-state index contributed by atoms with van der Waals surface area (Å²) >= 11 is 0. The fourth-order valence-corrected chi connectivity index (χ4v) is 16.3. The molecule has 9 rings (SSSR count). The Bertz CT molecular complexity index is 3310. The number of esters is 3. The van der Waals surface area contributed by atoms with Crippen LogP contribution >= 0.6 is 52.4 Å². The lowest BCUT2D eigenvalue weighted by molar-refractivity contribution is -0.345. The normalized spacial score (nSPS) is 26.2. The van der Waals surface area contributed by atoms with E-state index in [1.54, 1.807) is 122 Å². The van der Waals surface area contributed by atoms with Crippen molar-refractivity contribution in [1.82, 2.24) is 10.3 Å². The van der Waals surface area contributed by atoms with Gasteiger partial charge in [0.25, 0.3) is 5.91 Å². The van der Waals surface area contributed by atoms with Crippen molar-refractivity contribution >= 4 is 93.9 Å². The van der Waals surface area contributed by atoms with Crippen molar-refractivity contribution in [3.63, 3.8) is 0 Å². The molecule has 4 aromatic carbocycles. The SMILES string of the molecule is CC(=O)OC1C(=O)[C@]2(C)C(OC(=O)OCc3ccc(SSCc4ccc(CSSc5ccccn5)cc4)cc3)CC3OC[C@@]3(OC(C)=O)[C@H]2[C@H](OC(=O)P)C2(O)C[C@H](OC(=O)[C@H](O)[C@@H](NC(=O)c3ccccc3)c3ccccc3)C(C)=C1C2(C)C. The maximum Gasteiger partial charge on any atom is 0.508 e. The molecular formula is C62H65N2O16PS4. The number of amides is 1. The summed E-state index contributed by atoms with van der Waals surface area (Å²) in [7, 11) is 8.52. The molecule has 3 N–H and O–H groups in total. The summed E-state index contributed by atoms with van der Waals surface area (Å²) < 4.78 is 42.4. The summed E-state index contributed by atoms with van der Waals surface area (Å²) in [5.41, 5.74) is -5.60. The van der Waals surface area contributed by atoms with Gasteiger partial charge in [0.2, 0.25) is 0 Å². The van der Waals surface area contributed by atoms with Crippen LogP contribution < -0.4 is 5.32 Å². The summed E-state index contributed by atoms with van der Waals surface area (Å²) in [6, 6.07) is 36.7. The highest BCUT2D eigenvalue weighted by atomic mass is 33.1. The molecule has 18 nitrogen and oxygen atoms in total. The maximum atomic E-state index is 16.2. The van der Waals surface area contributed by atoms with E-state index in [9.17, 15) is 39.0 Å². The van der Waals surface area contributed by atoms with Crippen LogP contribution in [-0.2, 0) is 70.4 Å². The van der Waals surface area contributed by atoms with Crippen molar-refractivity contribution in [1.29, 1.82) is 0 Å². The van der Waals surface area contributed by atoms with Crippen LogP contribution in [0, 0.1) is 16.7 Å². The number of fused-ring (bicyclic) bond motifs is 5. The number of carbonyl (C=O) groups excluding carboxylic acids is 7. The minimum Gasteiger partial charge on any atom is -0.456 e. The predicted molar refractivity (Wildman–Crippen MR) is 322 cm³/mol. The molecule has 0 radical (unpaired) electrons. The molecule has 3 aliphatic carbocycles. The van der Waals surface area contributed by atoms with Crippen LogP contribution in [0.15, 0.2) is 155 Å². The lowest BCUT2D eigenvalue weighted by Crippen LogP contribution is -2.82. The third kappa shape index (κ3) is 13.5. The van der Waals surface area contributed by atoms with Gasteiger partial charge in [-0.05, 0) is 104 Å². The van der Waals surface area contributed by atoms with Crippen LogP contribution in [0.1, 0.15) is 93.0 Å². The standard InChI is InChI=1S/C62H65N2O16PS4/c1-35-44(77-56(70)50(67)49(41-15-9-7-10-16-41)64-55(69)42-17-11-8-12-18-42)30-62(73)54(79-58(72)81)52-60(6,53(68)51(76-36(2)65)48(35)59(62,4)5)45(29-46-61(52,34-75-46)80-37(3)66)78-57(71)74-31-38-24-26-43(27-25-38)84-82-32-39-20-22-40(23-21-39)33-83-85-47-19-13-14-28-63-47/h7-28,44-46,49-52,54,67,73H,29-34,81H2,1-6H3,(H,64,69)/t44-,45?,46?,49-,50+,51?,52-,54-,60+,61-,62?/m0/s1. The van der Waals surface area contributed by atoms with Crippen LogP contribution in [0.3, 0.4) is 0 Å². The summed E-state index contributed by atoms with van der Waals surface area (Å²) in [6.45, 7) is 7.57. The maximum absolute atomic E-state index is 16.2. The van der Waals surface area contributed by atoms with E-state index in [4.69, 9.17) is 33.2 Å². The second-order valence-electron chi connectivity index (χ2n) is 22.0. The number of carbonyl (C=O) groups is 7.